The molecule has 0 amide bonds. The average Bonchev–Trinajstić information content (AvgIpc) is 3.22. The fourth-order valence-electron chi connectivity index (χ4n) is 2.63. The van der Waals surface area contributed by atoms with Crippen LogP contribution in [0.15, 0.2) is 39.6 Å². The summed E-state index contributed by atoms with van der Waals surface area (Å²) < 4.78 is 33.4. The summed E-state index contributed by atoms with van der Waals surface area (Å²) in [5.74, 6) is -1.32. The molecule has 0 spiro atoms. The van der Waals surface area contributed by atoms with E-state index in [1.54, 1.807) is 0 Å². The minimum Gasteiger partial charge on any atom is -0.341 e. The third-order valence-corrected chi connectivity index (χ3v) is 4.60. The molecular formula is C16H8BrClF2N4O2. The highest BCUT2D eigenvalue weighted by Crippen LogP contribution is 2.29. The Morgan fingerprint density at radius 3 is 2.73 bits per heavy atom. The number of fused-ring (bicyclic) bond motifs is 1. The van der Waals surface area contributed by atoms with Crippen LogP contribution in [-0.2, 0) is 5.33 Å². The van der Waals surface area contributed by atoms with Crippen LogP contribution < -0.4 is 5.76 Å². The molecule has 2 heterocycles. The Morgan fingerprint density at radius 1 is 1.23 bits per heavy atom. The first-order valence-electron chi connectivity index (χ1n) is 7.27. The van der Waals surface area contributed by atoms with Gasteiger partial charge in [-0.2, -0.15) is 0 Å². The lowest BCUT2D eigenvalue weighted by molar-refractivity contribution is 0.383. The minimum absolute atomic E-state index is 0.104. The van der Waals surface area contributed by atoms with E-state index in [0.717, 1.165) is 10.6 Å². The highest BCUT2D eigenvalue weighted by molar-refractivity contribution is 9.08. The predicted octanol–water partition coefficient (Wildman–Crippen LogP) is 4.20. The van der Waals surface area contributed by atoms with Gasteiger partial charge in [0.25, 0.3) is 0 Å². The van der Waals surface area contributed by atoms with Crippen molar-refractivity contribution in [2.75, 3.05) is 0 Å². The second-order valence-electron chi connectivity index (χ2n) is 5.34. The summed E-state index contributed by atoms with van der Waals surface area (Å²) in [5, 5.41) is 4.02. The van der Waals surface area contributed by atoms with E-state index in [9.17, 15) is 13.6 Å². The van der Waals surface area contributed by atoms with Gasteiger partial charge in [-0.25, -0.2) is 23.1 Å². The SMILES string of the molecule is O=c1onc(-c2ccc(F)c3nc(CBr)[nH]c23)n1-c1ccc(F)c(Cl)c1. The normalized spacial score (nSPS) is 11.4. The fraction of sp³-hybridized carbons (Fsp3) is 0.0625. The number of nitrogens with one attached hydrogen (secondary N) is 1. The van der Waals surface area contributed by atoms with Crippen LogP contribution in [0, 0.1) is 11.6 Å². The topological polar surface area (TPSA) is 76.7 Å². The molecule has 2 aromatic carbocycles. The first-order valence-corrected chi connectivity index (χ1v) is 8.77. The zero-order valence-corrected chi connectivity index (χ0v) is 15.1. The Hall–Kier alpha value is -2.52. The smallest absolute Gasteiger partial charge is 0.341 e. The van der Waals surface area contributed by atoms with Crippen LogP contribution in [0.4, 0.5) is 8.78 Å². The largest absolute Gasteiger partial charge is 0.446 e. The van der Waals surface area contributed by atoms with Crippen molar-refractivity contribution in [3.05, 3.63) is 63.4 Å². The third-order valence-electron chi connectivity index (χ3n) is 3.78. The van der Waals surface area contributed by atoms with Crippen molar-refractivity contribution in [3.63, 3.8) is 0 Å². The van der Waals surface area contributed by atoms with Crippen molar-refractivity contribution in [2.45, 2.75) is 5.33 Å². The highest BCUT2D eigenvalue weighted by atomic mass is 79.9. The molecule has 0 unspecified atom stereocenters. The van der Waals surface area contributed by atoms with E-state index in [1.807, 2.05) is 0 Å². The molecular weight excluding hydrogens is 434 g/mol. The Balaban J connectivity index is 2.00. The Bertz CT molecular complexity index is 1200. The number of imidazole rings is 1. The van der Waals surface area contributed by atoms with Crippen LogP contribution >= 0.6 is 27.5 Å². The molecule has 0 atom stereocenters. The summed E-state index contributed by atoms with van der Waals surface area (Å²) in [5.41, 5.74) is 1.12. The van der Waals surface area contributed by atoms with Crippen molar-refractivity contribution in [1.82, 2.24) is 19.7 Å². The van der Waals surface area contributed by atoms with E-state index < -0.39 is 17.4 Å². The third kappa shape index (κ3) is 2.63. The number of aromatic nitrogens is 4. The molecule has 0 bridgehead atoms. The summed E-state index contributed by atoms with van der Waals surface area (Å²) in [6.45, 7) is 0. The van der Waals surface area contributed by atoms with Gasteiger partial charge < -0.3 is 4.98 Å². The number of aromatic amines is 1. The molecule has 132 valence electrons. The molecule has 26 heavy (non-hydrogen) atoms. The van der Waals surface area contributed by atoms with Gasteiger partial charge >= 0.3 is 5.76 Å². The van der Waals surface area contributed by atoms with Gasteiger partial charge in [-0.3, -0.25) is 4.52 Å². The predicted molar refractivity (Wildman–Crippen MR) is 94.7 cm³/mol. The van der Waals surface area contributed by atoms with Crippen LogP contribution in [0.5, 0.6) is 0 Å². The Kier molecular flexibility index (Phi) is 4.12. The van der Waals surface area contributed by atoms with E-state index in [2.05, 4.69) is 31.1 Å². The zero-order valence-electron chi connectivity index (χ0n) is 12.8. The number of hydrogen-bond donors (Lipinski definition) is 1. The summed E-state index contributed by atoms with van der Waals surface area (Å²) in [6, 6.07) is 6.43. The summed E-state index contributed by atoms with van der Waals surface area (Å²) >= 11 is 9.06. The van der Waals surface area contributed by atoms with Crippen LogP contribution in [0.25, 0.3) is 28.1 Å². The van der Waals surface area contributed by atoms with Gasteiger partial charge in [-0.15, -0.1) is 0 Å². The second-order valence-corrected chi connectivity index (χ2v) is 6.31. The standard InChI is InChI=1S/C16H8BrClF2N4O2/c17-6-12-21-13-8(2-4-11(20)14(13)22-12)15-23-26-16(25)24(15)7-1-3-10(19)9(18)5-7/h1-5H,6H2,(H,21,22). The number of benzene rings is 2. The van der Waals surface area contributed by atoms with Crippen LogP contribution in [-0.4, -0.2) is 19.7 Å². The fourth-order valence-corrected chi connectivity index (χ4v) is 3.07. The molecule has 2 aromatic heterocycles. The van der Waals surface area contributed by atoms with Crippen LogP contribution in [0.3, 0.4) is 0 Å². The molecule has 0 saturated heterocycles. The maximum atomic E-state index is 14.1. The molecule has 0 radical (unpaired) electrons. The maximum absolute atomic E-state index is 14.1. The van der Waals surface area contributed by atoms with Gasteiger partial charge in [0.05, 0.1) is 21.6 Å². The monoisotopic (exact) mass is 440 g/mol. The molecule has 0 fully saturated rings. The van der Waals surface area contributed by atoms with Crippen LogP contribution in [0.1, 0.15) is 5.82 Å². The molecule has 10 heteroatoms. The van der Waals surface area contributed by atoms with E-state index in [0.29, 0.717) is 22.2 Å². The van der Waals surface area contributed by atoms with Gasteiger partial charge in [0.2, 0.25) is 0 Å². The Labute approximate surface area is 157 Å². The molecule has 1 N–H and O–H groups in total. The molecule has 4 aromatic rings. The van der Waals surface area contributed by atoms with Gasteiger partial charge in [0, 0.05) is 5.56 Å². The molecule has 4 rings (SSSR count). The number of H-pyrrole nitrogens is 1. The number of hydrogen-bond acceptors (Lipinski definition) is 4. The van der Waals surface area contributed by atoms with E-state index in [-0.39, 0.29) is 22.1 Å². The highest BCUT2D eigenvalue weighted by Gasteiger charge is 2.21. The number of halogens is 4. The van der Waals surface area contributed by atoms with Gasteiger partial charge in [0.1, 0.15) is 17.2 Å². The van der Waals surface area contributed by atoms with Crippen molar-refractivity contribution in [3.8, 4) is 17.1 Å². The van der Waals surface area contributed by atoms with Crippen molar-refractivity contribution >= 4 is 38.6 Å². The van der Waals surface area contributed by atoms with Gasteiger partial charge in [-0.1, -0.05) is 32.7 Å². The minimum atomic E-state index is -0.791. The lowest BCUT2D eigenvalue weighted by atomic mass is 10.1. The molecule has 0 aliphatic carbocycles. The van der Waals surface area contributed by atoms with Gasteiger partial charge in [0.15, 0.2) is 11.6 Å². The van der Waals surface area contributed by atoms with E-state index in [4.69, 9.17) is 16.1 Å². The summed E-state index contributed by atoms with van der Waals surface area (Å²) in [6.07, 6.45) is 0. The average molecular weight is 442 g/mol. The molecule has 0 aliphatic rings. The molecule has 0 aliphatic heterocycles. The lowest BCUT2D eigenvalue weighted by Crippen LogP contribution is -2.13. The summed E-state index contributed by atoms with van der Waals surface area (Å²) in [4.78, 5) is 19.3. The quantitative estimate of drug-likeness (QED) is 0.484. The molecule has 0 saturated carbocycles. The van der Waals surface area contributed by atoms with Crippen molar-refractivity contribution in [1.29, 1.82) is 0 Å². The van der Waals surface area contributed by atoms with E-state index >= 15 is 0 Å². The van der Waals surface area contributed by atoms with Gasteiger partial charge in [-0.05, 0) is 30.3 Å². The van der Waals surface area contributed by atoms with Crippen LogP contribution in [0.2, 0.25) is 5.02 Å². The molecule has 6 nitrogen and oxygen atoms in total. The number of nitrogens with zero attached hydrogens (tertiary/aromatic N) is 3. The maximum Gasteiger partial charge on any atom is 0.446 e. The summed E-state index contributed by atoms with van der Waals surface area (Å²) in [7, 11) is 0. The Morgan fingerprint density at radius 2 is 2.00 bits per heavy atom. The number of alkyl halides is 1. The lowest BCUT2D eigenvalue weighted by Gasteiger charge is -2.06. The first kappa shape index (κ1) is 16.9. The van der Waals surface area contributed by atoms with E-state index in [1.165, 1.54) is 24.3 Å². The number of rotatable bonds is 3. The first-order chi connectivity index (χ1) is 12.5. The van der Waals surface area contributed by atoms with Crippen molar-refractivity contribution < 1.29 is 13.3 Å². The second kappa shape index (κ2) is 6.33. The van der Waals surface area contributed by atoms with Crippen molar-refractivity contribution in [2.24, 2.45) is 0 Å². The zero-order chi connectivity index (χ0) is 18.4.